The zero-order valence-corrected chi connectivity index (χ0v) is 16.0. The lowest BCUT2D eigenvalue weighted by Crippen LogP contribution is -2.42. The molecule has 7 heteroatoms. The van der Waals surface area contributed by atoms with Crippen LogP contribution < -0.4 is 15.0 Å². The van der Waals surface area contributed by atoms with Gasteiger partial charge in [-0.15, -0.1) is 0 Å². The van der Waals surface area contributed by atoms with Crippen molar-refractivity contribution in [1.29, 1.82) is 0 Å². The second kappa shape index (κ2) is 10.0. The van der Waals surface area contributed by atoms with Gasteiger partial charge in [-0.2, -0.15) is 0 Å². The summed E-state index contributed by atoms with van der Waals surface area (Å²) in [7, 11) is 0. The summed E-state index contributed by atoms with van der Waals surface area (Å²) in [5.74, 6) is 0.673. The van der Waals surface area contributed by atoms with Crippen molar-refractivity contribution in [1.82, 2.24) is 15.1 Å². The van der Waals surface area contributed by atoms with Crippen LogP contribution in [0.15, 0.2) is 24.3 Å². The lowest BCUT2D eigenvalue weighted by Gasteiger charge is -2.20. The number of nitrogens with zero attached hydrogens (tertiary/aromatic N) is 3. The zero-order valence-electron chi connectivity index (χ0n) is 16.0. The van der Waals surface area contributed by atoms with E-state index in [1.807, 2.05) is 31.2 Å². The molecule has 26 heavy (non-hydrogen) atoms. The number of rotatable bonds is 10. The van der Waals surface area contributed by atoms with Crippen LogP contribution in [0.3, 0.4) is 0 Å². The van der Waals surface area contributed by atoms with Crippen molar-refractivity contribution >= 4 is 17.6 Å². The van der Waals surface area contributed by atoms with Gasteiger partial charge in [-0.25, -0.2) is 4.79 Å². The maximum Gasteiger partial charge on any atom is 0.325 e. The van der Waals surface area contributed by atoms with Crippen molar-refractivity contribution in [3.8, 4) is 5.75 Å². The van der Waals surface area contributed by atoms with Gasteiger partial charge in [-0.05, 0) is 44.3 Å². The molecule has 3 amide bonds. The molecule has 1 fully saturated rings. The van der Waals surface area contributed by atoms with Gasteiger partial charge in [-0.3, -0.25) is 9.69 Å². The summed E-state index contributed by atoms with van der Waals surface area (Å²) in [6.45, 7) is 11.3. The Bertz CT molecular complexity index is 587. The molecule has 1 aliphatic heterocycles. The van der Waals surface area contributed by atoms with Gasteiger partial charge < -0.3 is 19.9 Å². The van der Waals surface area contributed by atoms with Crippen molar-refractivity contribution in [2.75, 3.05) is 57.3 Å². The first-order valence-electron chi connectivity index (χ1n) is 9.37. The van der Waals surface area contributed by atoms with E-state index in [1.165, 1.54) is 0 Å². The number of carbonyl (C=O) groups is 2. The van der Waals surface area contributed by atoms with Crippen molar-refractivity contribution in [2.45, 2.75) is 20.8 Å². The molecule has 1 N–H and O–H groups in total. The van der Waals surface area contributed by atoms with Gasteiger partial charge >= 0.3 is 6.03 Å². The topological polar surface area (TPSA) is 65.1 Å². The van der Waals surface area contributed by atoms with E-state index in [0.717, 1.165) is 31.1 Å². The molecule has 0 atom stereocenters. The maximum absolute atomic E-state index is 12.6. The number of amides is 3. The average molecular weight is 362 g/mol. The number of urea groups is 1. The van der Waals surface area contributed by atoms with Crippen LogP contribution in [0.25, 0.3) is 0 Å². The minimum Gasteiger partial charge on any atom is -0.494 e. The molecule has 0 aliphatic carbocycles. The van der Waals surface area contributed by atoms with Gasteiger partial charge in [0.25, 0.3) is 0 Å². The van der Waals surface area contributed by atoms with E-state index >= 15 is 0 Å². The monoisotopic (exact) mass is 362 g/mol. The largest absolute Gasteiger partial charge is 0.494 e. The van der Waals surface area contributed by atoms with Crippen LogP contribution in [0.2, 0.25) is 0 Å². The Kier molecular flexibility index (Phi) is 7.72. The summed E-state index contributed by atoms with van der Waals surface area (Å²) < 4.78 is 5.42. The van der Waals surface area contributed by atoms with Crippen LogP contribution in [-0.2, 0) is 4.79 Å². The maximum atomic E-state index is 12.6. The van der Waals surface area contributed by atoms with E-state index in [1.54, 1.807) is 9.80 Å². The molecule has 0 unspecified atom stereocenters. The van der Waals surface area contributed by atoms with Gasteiger partial charge in [0.1, 0.15) is 12.3 Å². The van der Waals surface area contributed by atoms with E-state index in [9.17, 15) is 9.59 Å². The SMILES string of the molecule is CCOc1ccc(N2CCN(CC(=O)NCCN(CC)CC)C2=O)cc1. The molecule has 1 aromatic carbocycles. The smallest absolute Gasteiger partial charge is 0.325 e. The van der Waals surface area contributed by atoms with Gasteiger partial charge in [0.2, 0.25) is 5.91 Å². The second-order valence-electron chi connectivity index (χ2n) is 6.16. The highest BCUT2D eigenvalue weighted by molar-refractivity contribution is 5.96. The van der Waals surface area contributed by atoms with E-state index < -0.39 is 0 Å². The van der Waals surface area contributed by atoms with Gasteiger partial charge in [0.15, 0.2) is 0 Å². The van der Waals surface area contributed by atoms with Crippen molar-refractivity contribution in [3.05, 3.63) is 24.3 Å². The summed E-state index contributed by atoms with van der Waals surface area (Å²) in [5.41, 5.74) is 0.822. The Morgan fingerprint density at radius 3 is 2.46 bits per heavy atom. The van der Waals surface area contributed by atoms with Crippen LogP contribution in [-0.4, -0.2) is 74.2 Å². The number of hydrogen-bond donors (Lipinski definition) is 1. The zero-order chi connectivity index (χ0) is 18.9. The quantitative estimate of drug-likeness (QED) is 0.689. The third-order valence-electron chi connectivity index (χ3n) is 4.53. The number of benzene rings is 1. The molecule has 1 heterocycles. The highest BCUT2D eigenvalue weighted by atomic mass is 16.5. The number of hydrogen-bond acceptors (Lipinski definition) is 4. The lowest BCUT2D eigenvalue weighted by molar-refractivity contribution is -0.121. The number of likely N-dealkylation sites (N-methyl/N-ethyl adjacent to an activating group) is 1. The molecule has 1 aliphatic rings. The third kappa shape index (κ3) is 5.36. The van der Waals surface area contributed by atoms with Gasteiger partial charge in [-0.1, -0.05) is 13.8 Å². The first-order valence-corrected chi connectivity index (χ1v) is 9.37. The molecule has 0 saturated carbocycles. The highest BCUT2D eigenvalue weighted by Crippen LogP contribution is 2.23. The molecule has 0 aromatic heterocycles. The summed E-state index contributed by atoms with van der Waals surface area (Å²) in [6, 6.07) is 7.32. The summed E-state index contributed by atoms with van der Waals surface area (Å²) in [5, 5.41) is 2.90. The number of ether oxygens (including phenoxy) is 1. The fraction of sp³-hybridized carbons (Fsp3) is 0.579. The van der Waals surface area contributed by atoms with Crippen molar-refractivity contribution < 1.29 is 14.3 Å². The minimum atomic E-state index is -0.131. The van der Waals surface area contributed by atoms with E-state index in [2.05, 4.69) is 24.1 Å². The molecule has 2 rings (SSSR count). The molecule has 7 nitrogen and oxygen atoms in total. The number of carbonyl (C=O) groups excluding carboxylic acids is 2. The van der Waals surface area contributed by atoms with Crippen molar-refractivity contribution in [3.63, 3.8) is 0 Å². The lowest BCUT2D eigenvalue weighted by atomic mass is 10.3. The standard InChI is InChI=1S/C19H30N4O3/c1-4-21(5-2)12-11-20-18(24)15-22-13-14-23(19(22)25)16-7-9-17(10-8-16)26-6-3/h7-10H,4-6,11-15H2,1-3H3,(H,20,24). The molecule has 0 bridgehead atoms. The number of anilines is 1. The number of nitrogens with one attached hydrogen (secondary N) is 1. The van der Waals surface area contributed by atoms with Gasteiger partial charge in [0.05, 0.1) is 6.61 Å². The van der Waals surface area contributed by atoms with Gasteiger partial charge in [0, 0.05) is 31.9 Å². The van der Waals surface area contributed by atoms with Crippen LogP contribution in [0.5, 0.6) is 5.75 Å². The fourth-order valence-corrected chi connectivity index (χ4v) is 2.98. The molecule has 1 aromatic rings. The Hall–Kier alpha value is -2.28. The fourth-order valence-electron chi connectivity index (χ4n) is 2.98. The molecule has 0 spiro atoms. The molecule has 0 radical (unpaired) electrons. The van der Waals surface area contributed by atoms with E-state index in [-0.39, 0.29) is 18.5 Å². The molecule has 1 saturated heterocycles. The predicted octanol–water partition coefficient (Wildman–Crippen LogP) is 1.79. The normalized spacial score (nSPS) is 14.2. The molecular weight excluding hydrogens is 332 g/mol. The van der Waals surface area contributed by atoms with E-state index in [4.69, 9.17) is 4.74 Å². The Labute approximate surface area is 155 Å². The van der Waals surface area contributed by atoms with E-state index in [0.29, 0.717) is 26.2 Å². The first-order chi connectivity index (χ1) is 12.6. The predicted molar refractivity (Wildman–Crippen MR) is 103 cm³/mol. The van der Waals surface area contributed by atoms with Crippen molar-refractivity contribution in [2.24, 2.45) is 0 Å². The Morgan fingerprint density at radius 1 is 1.15 bits per heavy atom. The molecule has 144 valence electrons. The van der Waals surface area contributed by atoms with Crippen LogP contribution in [0.4, 0.5) is 10.5 Å². The first kappa shape index (κ1) is 20.0. The Balaban J connectivity index is 1.81. The van der Waals surface area contributed by atoms with Crippen LogP contribution in [0.1, 0.15) is 20.8 Å². The third-order valence-corrected chi connectivity index (χ3v) is 4.53. The minimum absolute atomic E-state index is 0.102. The highest BCUT2D eigenvalue weighted by Gasteiger charge is 2.30. The Morgan fingerprint density at radius 2 is 1.85 bits per heavy atom. The average Bonchev–Trinajstić information content (AvgIpc) is 3.00. The molecular formula is C19H30N4O3. The van der Waals surface area contributed by atoms with Crippen LogP contribution in [0, 0.1) is 0 Å². The summed E-state index contributed by atoms with van der Waals surface area (Å²) >= 11 is 0. The summed E-state index contributed by atoms with van der Waals surface area (Å²) in [4.78, 5) is 30.2. The second-order valence-corrected chi connectivity index (χ2v) is 6.16. The van der Waals surface area contributed by atoms with Crippen LogP contribution >= 0.6 is 0 Å². The summed E-state index contributed by atoms with van der Waals surface area (Å²) in [6.07, 6.45) is 0.